The topological polar surface area (TPSA) is 44.9 Å². The van der Waals surface area contributed by atoms with Crippen molar-refractivity contribution in [2.24, 2.45) is 5.92 Å². The van der Waals surface area contributed by atoms with Crippen LogP contribution in [-0.4, -0.2) is 4.98 Å². The van der Waals surface area contributed by atoms with E-state index >= 15 is 0 Å². The molecule has 3 heteroatoms. The number of hydrogen-bond donors (Lipinski definition) is 2. The Bertz CT molecular complexity index is 733. The Morgan fingerprint density at radius 1 is 1.12 bits per heavy atom. The molecule has 0 amide bonds. The first-order valence-corrected chi connectivity index (χ1v) is 9.32. The first-order valence-electron chi connectivity index (χ1n) is 9.32. The Kier molecular flexibility index (Phi) is 4.52. The number of H-pyrrole nitrogens is 1. The summed E-state index contributed by atoms with van der Waals surface area (Å²) in [6.45, 7) is 0. The van der Waals surface area contributed by atoms with Crippen LogP contribution < -0.4 is 10.9 Å². The summed E-state index contributed by atoms with van der Waals surface area (Å²) < 4.78 is 0. The lowest BCUT2D eigenvalue weighted by Gasteiger charge is -2.34. The summed E-state index contributed by atoms with van der Waals surface area (Å²) >= 11 is 0. The Labute approximate surface area is 143 Å². The van der Waals surface area contributed by atoms with Gasteiger partial charge in [-0.3, -0.25) is 4.79 Å². The Hall–Kier alpha value is -1.87. The van der Waals surface area contributed by atoms with E-state index in [0.29, 0.717) is 12.1 Å². The van der Waals surface area contributed by atoms with Gasteiger partial charge in [-0.15, -0.1) is 0 Å². The average molecular weight is 322 g/mol. The third-order valence-electron chi connectivity index (χ3n) is 5.76. The van der Waals surface area contributed by atoms with E-state index in [1.165, 1.54) is 42.4 Å². The maximum absolute atomic E-state index is 11.6. The van der Waals surface area contributed by atoms with Crippen LogP contribution in [0.15, 0.2) is 47.4 Å². The summed E-state index contributed by atoms with van der Waals surface area (Å²) in [5, 5.41) is 3.92. The Morgan fingerprint density at radius 3 is 2.71 bits per heavy atom. The van der Waals surface area contributed by atoms with Gasteiger partial charge in [0.15, 0.2) is 0 Å². The van der Waals surface area contributed by atoms with Crippen LogP contribution in [0.5, 0.6) is 0 Å². The minimum atomic E-state index is 0.0171. The number of aryl methyl sites for hydroxylation is 1. The van der Waals surface area contributed by atoms with Gasteiger partial charge in [-0.05, 0) is 48.3 Å². The standard InChI is InChI=1S/C21H26N2O/c24-21-13-17-10-5-11-19(18(17)14-22-21)23-20(12-15-6-4-7-15)16-8-2-1-3-9-16/h1-3,8-9,13-15,19-20,23H,4-7,10-12H2,(H,22,24). The van der Waals surface area contributed by atoms with E-state index < -0.39 is 0 Å². The minimum absolute atomic E-state index is 0.0171. The molecule has 2 N–H and O–H groups in total. The molecular weight excluding hydrogens is 296 g/mol. The van der Waals surface area contributed by atoms with Crippen molar-refractivity contribution in [1.82, 2.24) is 10.3 Å². The van der Waals surface area contributed by atoms with Crippen molar-refractivity contribution in [3.8, 4) is 0 Å². The second-order valence-corrected chi connectivity index (χ2v) is 7.39. The predicted molar refractivity (Wildman–Crippen MR) is 97.0 cm³/mol. The predicted octanol–water partition coefficient (Wildman–Crippen LogP) is 4.27. The highest BCUT2D eigenvalue weighted by Gasteiger charge is 2.27. The van der Waals surface area contributed by atoms with E-state index in [1.54, 1.807) is 6.07 Å². The van der Waals surface area contributed by atoms with Crippen molar-refractivity contribution >= 4 is 0 Å². The lowest BCUT2D eigenvalue weighted by Crippen LogP contribution is -2.32. The number of rotatable bonds is 5. The molecule has 0 spiro atoms. The largest absolute Gasteiger partial charge is 0.329 e. The summed E-state index contributed by atoms with van der Waals surface area (Å²) in [7, 11) is 0. The fourth-order valence-corrected chi connectivity index (χ4v) is 4.18. The van der Waals surface area contributed by atoms with Gasteiger partial charge in [-0.2, -0.15) is 0 Å². The van der Waals surface area contributed by atoms with Crippen molar-refractivity contribution < 1.29 is 0 Å². The third-order valence-corrected chi connectivity index (χ3v) is 5.76. The number of hydrogen-bond acceptors (Lipinski definition) is 2. The van der Waals surface area contributed by atoms with E-state index in [0.717, 1.165) is 25.2 Å². The molecule has 0 saturated heterocycles. The van der Waals surface area contributed by atoms with Crippen LogP contribution in [0.25, 0.3) is 0 Å². The summed E-state index contributed by atoms with van der Waals surface area (Å²) in [4.78, 5) is 14.5. The average Bonchev–Trinajstić information content (AvgIpc) is 2.57. The molecule has 2 unspecified atom stereocenters. The van der Waals surface area contributed by atoms with Crippen LogP contribution in [0.4, 0.5) is 0 Å². The zero-order valence-electron chi connectivity index (χ0n) is 14.1. The van der Waals surface area contributed by atoms with E-state index in [2.05, 4.69) is 40.6 Å². The highest BCUT2D eigenvalue weighted by Crippen LogP contribution is 2.37. The molecule has 2 aliphatic rings. The molecule has 1 fully saturated rings. The number of benzene rings is 1. The van der Waals surface area contributed by atoms with E-state index in [9.17, 15) is 4.79 Å². The normalized spacial score (nSPS) is 21.8. The molecule has 3 nitrogen and oxygen atoms in total. The van der Waals surface area contributed by atoms with Gasteiger partial charge in [0.05, 0.1) is 0 Å². The number of nitrogens with one attached hydrogen (secondary N) is 2. The molecule has 2 aromatic rings. The summed E-state index contributed by atoms with van der Waals surface area (Å²) in [6.07, 6.45) is 10.6. The fraction of sp³-hybridized carbons (Fsp3) is 0.476. The molecule has 2 aliphatic carbocycles. The second-order valence-electron chi connectivity index (χ2n) is 7.39. The van der Waals surface area contributed by atoms with Gasteiger partial charge >= 0.3 is 0 Å². The number of fused-ring (bicyclic) bond motifs is 1. The molecule has 1 saturated carbocycles. The number of pyridine rings is 1. The first-order chi connectivity index (χ1) is 11.8. The fourth-order valence-electron chi connectivity index (χ4n) is 4.18. The molecule has 126 valence electrons. The van der Waals surface area contributed by atoms with E-state index in [-0.39, 0.29) is 5.56 Å². The molecule has 1 aromatic carbocycles. The second kappa shape index (κ2) is 6.94. The van der Waals surface area contributed by atoms with Crippen molar-refractivity contribution in [2.45, 2.75) is 57.0 Å². The zero-order valence-corrected chi connectivity index (χ0v) is 14.1. The Morgan fingerprint density at radius 2 is 1.96 bits per heavy atom. The lowest BCUT2D eigenvalue weighted by molar-refractivity contribution is 0.247. The monoisotopic (exact) mass is 322 g/mol. The first kappa shape index (κ1) is 15.6. The Balaban J connectivity index is 1.57. The molecule has 2 atom stereocenters. The van der Waals surface area contributed by atoms with Gasteiger partial charge in [0.25, 0.3) is 0 Å². The maximum atomic E-state index is 11.6. The molecule has 4 rings (SSSR count). The van der Waals surface area contributed by atoms with E-state index in [1.807, 2.05) is 6.20 Å². The molecular formula is C21H26N2O. The van der Waals surface area contributed by atoms with Gasteiger partial charge in [-0.1, -0.05) is 49.6 Å². The van der Waals surface area contributed by atoms with Gasteiger partial charge in [0.2, 0.25) is 5.56 Å². The van der Waals surface area contributed by atoms with Crippen molar-refractivity contribution in [3.63, 3.8) is 0 Å². The van der Waals surface area contributed by atoms with Crippen LogP contribution in [0.3, 0.4) is 0 Å². The highest BCUT2D eigenvalue weighted by atomic mass is 16.1. The molecule has 1 heterocycles. The van der Waals surface area contributed by atoms with Crippen LogP contribution >= 0.6 is 0 Å². The van der Waals surface area contributed by atoms with Crippen LogP contribution in [0.1, 0.15) is 67.3 Å². The number of aromatic amines is 1. The van der Waals surface area contributed by atoms with Crippen LogP contribution in [0.2, 0.25) is 0 Å². The van der Waals surface area contributed by atoms with E-state index in [4.69, 9.17) is 0 Å². The molecule has 0 radical (unpaired) electrons. The minimum Gasteiger partial charge on any atom is -0.329 e. The van der Waals surface area contributed by atoms with Crippen molar-refractivity contribution in [3.05, 3.63) is 69.6 Å². The van der Waals surface area contributed by atoms with Gasteiger partial charge in [-0.25, -0.2) is 0 Å². The van der Waals surface area contributed by atoms with Crippen LogP contribution in [0, 0.1) is 5.92 Å². The SMILES string of the molecule is O=c1cc2c(c[nH]1)C(NC(CC1CCC1)c1ccccc1)CCC2. The lowest BCUT2D eigenvalue weighted by atomic mass is 9.79. The third kappa shape index (κ3) is 3.32. The van der Waals surface area contributed by atoms with Crippen LogP contribution in [-0.2, 0) is 6.42 Å². The molecule has 24 heavy (non-hydrogen) atoms. The zero-order chi connectivity index (χ0) is 16.4. The van der Waals surface area contributed by atoms with Crippen molar-refractivity contribution in [2.75, 3.05) is 0 Å². The highest BCUT2D eigenvalue weighted by molar-refractivity contribution is 5.30. The summed E-state index contributed by atoms with van der Waals surface area (Å²) in [5.41, 5.74) is 3.91. The van der Waals surface area contributed by atoms with Crippen molar-refractivity contribution in [1.29, 1.82) is 0 Å². The smallest absolute Gasteiger partial charge is 0.248 e. The molecule has 0 bridgehead atoms. The maximum Gasteiger partial charge on any atom is 0.248 e. The quantitative estimate of drug-likeness (QED) is 0.863. The number of aromatic nitrogens is 1. The van der Waals surface area contributed by atoms with Gasteiger partial charge in [0, 0.05) is 24.3 Å². The molecule has 1 aromatic heterocycles. The van der Waals surface area contributed by atoms with Gasteiger partial charge in [0.1, 0.15) is 0 Å². The van der Waals surface area contributed by atoms with Gasteiger partial charge < -0.3 is 10.3 Å². The molecule has 0 aliphatic heterocycles. The summed E-state index contributed by atoms with van der Waals surface area (Å²) in [6, 6.07) is 13.4. The summed E-state index contributed by atoms with van der Waals surface area (Å²) in [5.74, 6) is 0.862.